The first-order chi connectivity index (χ1) is 13.3. The Morgan fingerprint density at radius 1 is 0.893 bits per heavy atom. The van der Waals surface area contributed by atoms with Gasteiger partial charge in [-0.05, 0) is 68.4 Å². The maximum absolute atomic E-state index is 6.50. The van der Waals surface area contributed by atoms with Crippen molar-refractivity contribution in [2.24, 2.45) is 17.8 Å². The second-order valence-electron chi connectivity index (χ2n) is 10.5. The molecule has 160 valence electrons. The third-order valence-electron chi connectivity index (χ3n) is 6.84. The molecule has 3 atom stereocenters. The normalized spacial score (nSPS) is 21.2. The molecule has 0 radical (unpaired) electrons. The van der Waals surface area contributed by atoms with Crippen molar-refractivity contribution < 1.29 is 4.74 Å². The topological polar surface area (TPSA) is 9.23 Å². The van der Waals surface area contributed by atoms with Crippen LogP contribution in [0.25, 0.3) is 0 Å². The Labute approximate surface area is 175 Å². The molecule has 0 fully saturated rings. The molecule has 0 spiro atoms. The molecule has 0 aliphatic carbocycles. The average Bonchev–Trinajstić information content (AvgIpc) is 2.62. The Morgan fingerprint density at radius 2 is 1.50 bits per heavy atom. The standard InChI is InChI=1S/C27H46O/c1-21(2)11-7-12-22(3)13-8-14-23(4)15-10-19-27(6)20-18-25-17-9-16-24(5)26(25)28-27/h9,16-17,21-23H,7-8,10-15,18-20H2,1-6H3/t22-,23-,27-/m1/s1. The molecule has 0 saturated carbocycles. The minimum atomic E-state index is 0.0315. The van der Waals surface area contributed by atoms with Crippen molar-refractivity contribution in [1.29, 1.82) is 0 Å². The van der Waals surface area contributed by atoms with Gasteiger partial charge in [0.25, 0.3) is 0 Å². The highest BCUT2D eigenvalue weighted by Crippen LogP contribution is 2.38. The second-order valence-corrected chi connectivity index (χ2v) is 10.5. The first-order valence-electron chi connectivity index (χ1n) is 12.1. The molecule has 1 aromatic rings. The maximum Gasteiger partial charge on any atom is 0.126 e. The van der Waals surface area contributed by atoms with E-state index in [-0.39, 0.29) is 5.60 Å². The molecule has 0 saturated heterocycles. The van der Waals surface area contributed by atoms with Crippen LogP contribution in [-0.4, -0.2) is 5.60 Å². The molecule has 0 amide bonds. The first-order valence-corrected chi connectivity index (χ1v) is 12.1. The Balaban J connectivity index is 1.62. The first kappa shape index (κ1) is 23.3. The summed E-state index contributed by atoms with van der Waals surface area (Å²) in [4.78, 5) is 0. The van der Waals surface area contributed by atoms with Crippen LogP contribution >= 0.6 is 0 Å². The van der Waals surface area contributed by atoms with Gasteiger partial charge in [-0.15, -0.1) is 0 Å². The lowest BCUT2D eigenvalue weighted by Gasteiger charge is -2.37. The summed E-state index contributed by atoms with van der Waals surface area (Å²) in [7, 11) is 0. The van der Waals surface area contributed by atoms with Crippen LogP contribution in [0.2, 0.25) is 0 Å². The van der Waals surface area contributed by atoms with Crippen molar-refractivity contribution in [3.63, 3.8) is 0 Å². The fourth-order valence-corrected chi connectivity index (χ4v) is 4.73. The highest BCUT2D eigenvalue weighted by molar-refractivity contribution is 5.42. The van der Waals surface area contributed by atoms with Gasteiger partial charge in [-0.1, -0.05) is 90.8 Å². The number of rotatable bonds is 12. The van der Waals surface area contributed by atoms with Crippen LogP contribution in [0.3, 0.4) is 0 Å². The van der Waals surface area contributed by atoms with Crippen LogP contribution in [0, 0.1) is 24.7 Å². The minimum Gasteiger partial charge on any atom is -0.487 e. The molecular weight excluding hydrogens is 340 g/mol. The predicted octanol–water partition coefficient (Wildman–Crippen LogP) is 8.52. The Morgan fingerprint density at radius 3 is 2.14 bits per heavy atom. The van der Waals surface area contributed by atoms with E-state index < -0.39 is 0 Å². The highest BCUT2D eigenvalue weighted by atomic mass is 16.5. The fraction of sp³-hybridized carbons (Fsp3) is 0.778. The number of hydrogen-bond donors (Lipinski definition) is 0. The number of fused-ring (bicyclic) bond motifs is 1. The lowest BCUT2D eigenvalue weighted by atomic mass is 9.86. The molecule has 1 aliphatic heterocycles. The monoisotopic (exact) mass is 386 g/mol. The lowest BCUT2D eigenvalue weighted by molar-refractivity contribution is 0.0516. The Hall–Kier alpha value is -0.980. The van der Waals surface area contributed by atoms with Crippen LogP contribution in [0.5, 0.6) is 5.75 Å². The third-order valence-corrected chi connectivity index (χ3v) is 6.84. The van der Waals surface area contributed by atoms with Crippen LogP contribution in [0.4, 0.5) is 0 Å². The van der Waals surface area contributed by atoms with E-state index in [0.29, 0.717) is 0 Å². The molecule has 1 nitrogen and oxygen atoms in total. The van der Waals surface area contributed by atoms with Crippen molar-refractivity contribution in [3.05, 3.63) is 29.3 Å². The number of ether oxygens (including phenoxy) is 1. The van der Waals surface area contributed by atoms with E-state index in [0.717, 1.165) is 36.3 Å². The summed E-state index contributed by atoms with van der Waals surface area (Å²) in [6, 6.07) is 6.57. The Bertz CT molecular complexity index is 576. The number of hydrogen-bond acceptors (Lipinski definition) is 1. The lowest BCUT2D eigenvalue weighted by Crippen LogP contribution is -2.36. The van der Waals surface area contributed by atoms with Gasteiger partial charge >= 0.3 is 0 Å². The molecule has 0 bridgehead atoms. The van der Waals surface area contributed by atoms with Crippen LogP contribution in [0.15, 0.2) is 18.2 Å². The number of para-hydroxylation sites is 1. The SMILES string of the molecule is Cc1cccc2c1O[C@](C)(CCC[C@H](C)CCC[C@H](C)CCCC(C)C)CC2. The maximum atomic E-state index is 6.50. The number of benzene rings is 1. The predicted molar refractivity (Wildman–Crippen MR) is 123 cm³/mol. The smallest absolute Gasteiger partial charge is 0.126 e. The zero-order valence-electron chi connectivity index (χ0n) is 19.7. The van der Waals surface area contributed by atoms with Gasteiger partial charge in [-0.25, -0.2) is 0 Å². The molecule has 1 heteroatoms. The average molecular weight is 387 g/mol. The Kier molecular flexibility index (Phi) is 9.38. The van der Waals surface area contributed by atoms with Crippen LogP contribution in [0.1, 0.15) is 110 Å². The van der Waals surface area contributed by atoms with Gasteiger partial charge in [0.1, 0.15) is 11.4 Å². The van der Waals surface area contributed by atoms with E-state index in [2.05, 4.69) is 59.7 Å². The summed E-state index contributed by atoms with van der Waals surface area (Å²) in [5.41, 5.74) is 2.72. The zero-order valence-corrected chi connectivity index (χ0v) is 19.7. The summed E-state index contributed by atoms with van der Waals surface area (Å²) < 4.78 is 6.50. The summed E-state index contributed by atoms with van der Waals surface area (Å²) in [6.07, 6.45) is 14.6. The molecule has 0 aromatic heterocycles. The van der Waals surface area contributed by atoms with Gasteiger partial charge in [-0.3, -0.25) is 0 Å². The van der Waals surface area contributed by atoms with E-state index in [1.807, 2.05) is 0 Å². The number of aryl methyl sites for hydroxylation is 2. The van der Waals surface area contributed by atoms with E-state index in [4.69, 9.17) is 4.74 Å². The summed E-state index contributed by atoms with van der Waals surface area (Å²) in [5.74, 6) is 3.78. The van der Waals surface area contributed by atoms with Crippen molar-refractivity contribution in [2.75, 3.05) is 0 Å². The van der Waals surface area contributed by atoms with Gasteiger partial charge < -0.3 is 4.74 Å². The third kappa shape index (κ3) is 7.80. The largest absolute Gasteiger partial charge is 0.487 e. The van der Waals surface area contributed by atoms with Gasteiger partial charge in [0, 0.05) is 0 Å². The quantitative estimate of drug-likeness (QED) is 0.350. The van der Waals surface area contributed by atoms with Crippen molar-refractivity contribution in [1.82, 2.24) is 0 Å². The molecule has 1 aromatic carbocycles. The second kappa shape index (κ2) is 11.3. The van der Waals surface area contributed by atoms with Gasteiger partial charge in [0.05, 0.1) is 0 Å². The fourth-order valence-electron chi connectivity index (χ4n) is 4.73. The highest BCUT2D eigenvalue weighted by Gasteiger charge is 2.31. The van der Waals surface area contributed by atoms with E-state index in [1.54, 1.807) is 0 Å². The molecule has 0 N–H and O–H groups in total. The van der Waals surface area contributed by atoms with Gasteiger partial charge in [-0.2, -0.15) is 0 Å². The molecular formula is C27H46O. The summed E-state index contributed by atoms with van der Waals surface area (Å²) in [5, 5.41) is 0. The van der Waals surface area contributed by atoms with Crippen molar-refractivity contribution in [3.8, 4) is 5.75 Å². The van der Waals surface area contributed by atoms with E-state index >= 15 is 0 Å². The van der Waals surface area contributed by atoms with Gasteiger partial charge in [0.2, 0.25) is 0 Å². The van der Waals surface area contributed by atoms with E-state index in [1.165, 1.54) is 68.9 Å². The molecule has 1 aliphatic rings. The van der Waals surface area contributed by atoms with Crippen LogP contribution < -0.4 is 4.74 Å². The molecule has 1 heterocycles. The van der Waals surface area contributed by atoms with Crippen molar-refractivity contribution >= 4 is 0 Å². The molecule has 28 heavy (non-hydrogen) atoms. The van der Waals surface area contributed by atoms with Crippen LogP contribution in [-0.2, 0) is 6.42 Å². The summed E-state index contributed by atoms with van der Waals surface area (Å²) in [6.45, 7) is 14.1. The van der Waals surface area contributed by atoms with Gasteiger partial charge in [0.15, 0.2) is 0 Å². The summed E-state index contributed by atoms with van der Waals surface area (Å²) >= 11 is 0. The minimum absolute atomic E-state index is 0.0315. The van der Waals surface area contributed by atoms with Crippen molar-refractivity contribution in [2.45, 2.75) is 118 Å². The molecule has 2 rings (SSSR count). The molecule has 0 unspecified atom stereocenters. The van der Waals surface area contributed by atoms with E-state index in [9.17, 15) is 0 Å². The zero-order chi connectivity index (χ0) is 20.6.